The molecule has 1 fully saturated rings. The van der Waals surface area contributed by atoms with Gasteiger partial charge in [0.15, 0.2) is 0 Å². The van der Waals surface area contributed by atoms with E-state index in [9.17, 15) is 4.79 Å². The minimum Gasteiger partial charge on any atom is -0.492 e. The zero-order valence-corrected chi connectivity index (χ0v) is 21.0. The monoisotopic (exact) mass is 479 g/mol. The van der Waals surface area contributed by atoms with Crippen LogP contribution >= 0.6 is 15.9 Å². The van der Waals surface area contributed by atoms with E-state index >= 15 is 0 Å². The van der Waals surface area contributed by atoms with Crippen molar-refractivity contribution in [1.82, 2.24) is 5.32 Å². The van der Waals surface area contributed by atoms with Crippen molar-refractivity contribution in [2.45, 2.75) is 116 Å². The summed E-state index contributed by atoms with van der Waals surface area (Å²) >= 11 is 3.62. The highest BCUT2D eigenvalue weighted by atomic mass is 79.9. The predicted molar refractivity (Wildman–Crippen MR) is 130 cm³/mol. The van der Waals surface area contributed by atoms with E-state index in [0.29, 0.717) is 19.1 Å². The van der Waals surface area contributed by atoms with Crippen molar-refractivity contribution in [2.24, 2.45) is 0 Å². The zero-order valence-electron chi connectivity index (χ0n) is 19.4. The SMILES string of the molecule is CC(C)(C)c1ccc(OCCCC(=O)NC2CCCCCCCCCCC2)c(Br)c1. The number of carbonyl (C=O) groups excluding carboxylic acids is 1. The molecular formula is C26H42BrNO2. The lowest BCUT2D eigenvalue weighted by molar-refractivity contribution is -0.122. The fourth-order valence-electron chi connectivity index (χ4n) is 4.11. The first-order chi connectivity index (χ1) is 14.4. The van der Waals surface area contributed by atoms with Gasteiger partial charge in [0.25, 0.3) is 0 Å². The van der Waals surface area contributed by atoms with E-state index < -0.39 is 0 Å². The molecule has 1 aliphatic carbocycles. The minimum absolute atomic E-state index is 0.118. The van der Waals surface area contributed by atoms with Crippen LogP contribution in [0.15, 0.2) is 22.7 Å². The summed E-state index contributed by atoms with van der Waals surface area (Å²) in [6, 6.07) is 6.63. The number of halogens is 1. The Hall–Kier alpha value is -1.03. The standard InChI is InChI=1S/C26H42BrNO2/c1-26(2,3)21-17-18-24(23(27)20-21)30-19-13-16-25(29)28-22-14-11-9-7-5-4-6-8-10-12-15-22/h17-18,20,22H,4-16,19H2,1-3H3,(H,28,29). The maximum atomic E-state index is 12.4. The molecule has 0 atom stereocenters. The minimum atomic E-state index is 0.118. The van der Waals surface area contributed by atoms with Gasteiger partial charge in [-0.1, -0.05) is 84.6 Å². The molecule has 0 saturated heterocycles. The van der Waals surface area contributed by atoms with Gasteiger partial charge in [-0.25, -0.2) is 0 Å². The largest absolute Gasteiger partial charge is 0.492 e. The fraction of sp³-hybridized carbons (Fsp3) is 0.731. The molecule has 0 heterocycles. The van der Waals surface area contributed by atoms with Gasteiger partial charge in [0.05, 0.1) is 11.1 Å². The predicted octanol–water partition coefficient (Wildman–Crippen LogP) is 7.70. The Bertz CT molecular complexity index is 626. The lowest BCUT2D eigenvalue weighted by Crippen LogP contribution is -2.35. The molecule has 1 amide bonds. The molecular weight excluding hydrogens is 438 g/mol. The van der Waals surface area contributed by atoms with Crippen LogP contribution in [0.2, 0.25) is 0 Å². The number of rotatable bonds is 6. The maximum Gasteiger partial charge on any atom is 0.220 e. The Labute approximate surface area is 192 Å². The summed E-state index contributed by atoms with van der Waals surface area (Å²) in [7, 11) is 0. The van der Waals surface area contributed by atoms with E-state index in [4.69, 9.17) is 4.74 Å². The van der Waals surface area contributed by atoms with Gasteiger partial charge in [-0.05, 0) is 58.3 Å². The van der Waals surface area contributed by atoms with Gasteiger partial charge in [-0.3, -0.25) is 4.79 Å². The number of nitrogens with one attached hydrogen (secondary N) is 1. The summed E-state index contributed by atoms with van der Waals surface area (Å²) in [5, 5.41) is 3.30. The van der Waals surface area contributed by atoms with E-state index in [1.807, 2.05) is 6.07 Å². The van der Waals surface area contributed by atoms with Crippen LogP contribution in [0, 0.1) is 0 Å². The molecule has 2 rings (SSSR count). The number of carbonyl (C=O) groups is 1. The number of hydrogen-bond acceptors (Lipinski definition) is 2. The molecule has 170 valence electrons. The summed E-state index contributed by atoms with van der Waals surface area (Å²) in [6.07, 6.45) is 15.5. The van der Waals surface area contributed by atoms with Gasteiger partial charge < -0.3 is 10.1 Å². The summed E-state index contributed by atoms with van der Waals surface area (Å²) in [4.78, 5) is 12.4. The summed E-state index contributed by atoms with van der Waals surface area (Å²) in [5.74, 6) is 1.03. The Balaban J connectivity index is 1.70. The molecule has 3 nitrogen and oxygen atoms in total. The number of ether oxygens (including phenoxy) is 1. The third kappa shape index (κ3) is 9.85. The Kier molecular flexibility index (Phi) is 11.3. The van der Waals surface area contributed by atoms with E-state index in [0.717, 1.165) is 29.5 Å². The molecule has 0 bridgehead atoms. The molecule has 30 heavy (non-hydrogen) atoms. The molecule has 1 saturated carbocycles. The fourth-order valence-corrected chi connectivity index (χ4v) is 4.60. The molecule has 0 aromatic heterocycles. The highest BCUT2D eigenvalue weighted by Crippen LogP contribution is 2.31. The van der Waals surface area contributed by atoms with Crippen molar-refractivity contribution >= 4 is 21.8 Å². The number of amides is 1. The molecule has 1 N–H and O–H groups in total. The first kappa shape index (κ1) is 25.2. The second-order valence-corrected chi connectivity index (χ2v) is 10.7. The Morgan fingerprint density at radius 1 is 1.00 bits per heavy atom. The Morgan fingerprint density at radius 2 is 1.57 bits per heavy atom. The van der Waals surface area contributed by atoms with Crippen LogP contribution < -0.4 is 10.1 Å². The van der Waals surface area contributed by atoms with Crippen LogP contribution in [-0.2, 0) is 10.2 Å². The highest BCUT2D eigenvalue weighted by Gasteiger charge is 2.16. The quantitative estimate of drug-likeness (QED) is 0.424. The topological polar surface area (TPSA) is 38.3 Å². The van der Waals surface area contributed by atoms with Gasteiger partial charge >= 0.3 is 0 Å². The van der Waals surface area contributed by atoms with Crippen LogP contribution in [0.3, 0.4) is 0 Å². The summed E-state index contributed by atoms with van der Waals surface area (Å²) in [5.41, 5.74) is 1.39. The van der Waals surface area contributed by atoms with Gasteiger partial charge in [0.2, 0.25) is 5.91 Å². The van der Waals surface area contributed by atoms with Gasteiger partial charge in [0.1, 0.15) is 5.75 Å². The van der Waals surface area contributed by atoms with E-state index in [2.05, 4.69) is 54.2 Å². The summed E-state index contributed by atoms with van der Waals surface area (Å²) < 4.78 is 6.89. The Morgan fingerprint density at radius 3 is 2.10 bits per heavy atom. The third-order valence-electron chi connectivity index (χ3n) is 6.07. The van der Waals surface area contributed by atoms with E-state index in [-0.39, 0.29) is 11.3 Å². The lowest BCUT2D eigenvalue weighted by Gasteiger charge is -2.20. The van der Waals surface area contributed by atoms with Crippen molar-refractivity contribution < 1.29 is 9.53 Å². The van der Waals surface area contributed by atoms with Crippen LogP contribution in [-0.4, -0.2) is 18.6 Å². The van der Waals surface area contributed by atoms with Crippen molar-refractivity contribution in [3.8, 4) is 5.75 Å². The smallest absolute Gasteiger partial charge is 0.220 e. The number of benzene rings is 1. The van der Waals surface area contributed by atoms with Crippen LogP contribution in [0.5, 0.6) is 5.75 Å². The highest BCUT2D eigenvalue weighted by molar-refractivity contribution is 9.10. The average molecular weight is 481 g/mol. The van der Waals surface area contributed by atoms with Crippen molar-refractivity contribution in [3.63, 3.8) is 0 Å². The van der Waals surface area contributed by atoms with Crippen LogP contribution in [0.4, 0.5) is 0 Å². The molecule has 0 spiro atoms. The molecule has 0 aliphatic heterocycles. The third-order valence-corrected chi connectivity index (χ3v) is 6.69. The number of hydrogen-bond donors (Lipinski definition) is 1. The van der Waals surface area contributed by atoms with Gasteiger partial charge in [-0.15, -0.1) is 0 Å². The van der Waals surface area contributed by atoms with Crippen molar-refractivity contribution in [1.29, 1.82) is 0 Å². The van der Waals surface area contributed by atoms with Crippen molar-refractivity contribution in [3.05, 3.63) is 28.2 Å². The van der Waals surface area contributed by atoms with E-state index in [1.165, 1.54) is 63.4 Å². The second-order valence-electron chi connectivity index (χ2n) is 9.87. The van der Waals surface area contributed by atoms with Gasteiger partial charge in [-0.2, -0.15) is 0 Å². The molecule has 1 aliphatic rings. The van der Waals surface area contributed by atoms with Crippen LogP contribution in [0.25, 0.3) is 0 Å². The van der Waals surface area contributed by atoms with Crippen molar-refractivity contribution in [2.75, 3.05) is 6.61 Å². The molecule has 1 aromatic carbocycles. The molecule has 1 aromatic rings. The maximum absolute atomic E-state index is 12.4. The molecule has 4 heteroatoms. The van der Waals surface area contributed by atoms with E-state index in [1.54, 1.807) is 0 Å². The first-order valence-electron chi connectivity index (χ1n) is 12.1. The second kappa shape index (κ2) is 13.4. The van der Waals surface area contributed by atoms with Gasteiger partial charge in [0, 0.05) is 12.5 Å². The lowest BCUT2D eigenvalue weighted by atomic mass is 9.87. The molecule has 0 radical (unpaired) electrons. The zero-order chi connectivity index (χ0) is 21.8. The average Bonchev–Trinajstić information content (AvgIpc) is 2.67. The van der Waals surface area contributed by atoms with Crippen LogP contribution in [0.1, 0.15) is 110 Å². The normalized spacial score (nSPS) is 17.6. The summed E-state index contributed by atoms with van der Waals surface area (Å²) in [6.45, 7) is 7.17. The molecule has 0 unspecified atom stereocenters. The first-order valence-corrected chi connectivity index (χ1v) is 12.9.